The first kappa shape index (κ1) is 23.0. The molecule has 0 spiro atoms. The SMILES string of the molecule is COc1ccc(N2C(=S)N[C@@H](c3ccccn3)[C@@H]2c2cccn2-c2ccc(Cl)cc2Cl)cc1Cl. The number of methoxy groups -OCH3 is 1. The molecule has 3 heterocycles. The number of halogens is 3. The minimum atomic E-state index is -0.242. The van der Waals surface area contributed by atoms with Gasteiger partial charge in [-0.05, 0) is 72.9 Å². The quantitative estimate of drug-likeness (QED) is 0.281. The summed E-state index contributed by atoms with van der Waals surface area (Å²) in [6.45, 7) is 0. The van der Waals surface area contributed by atoms with Gasteiger partial charge in [-0.3, -0.25) is 4.98 Å². The number of nitrogens with zero attached hydrogens (tertiary/aromatic N) is 3. The number of nitrogens with one attached hydrogen (secondary N) is 1. The summed E-state index contributed by atoms with van der Waals surface area (Å²) in [5.74, 6) is 0.595. The first-order valence-corrected chi connectivity index (χ1v) is 12.0. The lowest BCUT2D eigenvalue weighted by molar-refractivity contribution is 0.415. The highest BCUT2D eigenvalue weighted by Gasteiger charge is 2.42. The van der Waals surface area contributed by atoms with Crippen LogP contribution in [0.25, 0.3) is 5.69 Å². The topological polar surface area (TPSA) is 42.3 Å². The Labute approximate surface area is 217 Å². The number of thiocarbonyl (C=S) groups is 1. The molecule has 4 aromatic rings. The third kappa shape index (κ3) is 4.12. The molecule has 1 fully saturated rings. The average molecular weight is 530 g/mol. The van der Waals surface area contributed by atoms with Gasteiger partial charge < -0.3 is 19.5 Å². The van der Waals surface area contributed by atoms with Crippen molar-refractivity contribution in [1.29, 1.82) is 0 Å². The lowest BCUT2D eigenvalue weighted by Crippen LogP contribution is -2.30. The van der Waals surface area contributed by atoms with E-state index in [1.165, 1.54) is 0 Å². The summed E-state index contributed by atoms with van der Waals surface area (Å²) >= 11 is 25.0. The van der Waals surface area contributed by atoms with E-state index in [9.17, 15) is 0 Å². The molecule has 0 radical (unpaired) electrons. The maximum atomic E-state index is 6.59. The van der Waals surface area contributed by atoms with Gasteiger partial charge in [0.2, 0.25) is 0 Å². The third-order valence-corrected chi connectivity index (χ3v) is 6.91. The summed E-state index contributed by atoms with van der Waals surface area (Å²) in [5.41, 5.74) is 3.49. The van der Waals surface area contributed by atoms with Gasteiger partial charge in [0.25, 0.3) is 0 Å². The van der Waals surface area contributed by atoms with Crippen LogP contribution in [-0.4, -0.2) is 21.8 Å². The zero-order valence-electron chi connectivity index (χ0n) is 18.0. The Bertz CT molecular complexity index is 1360. The average Bonchev–Trinajstić information content (AvgIpc) is 3.43. The first-order valence-electron chi connectivity index (χ1n) is 10.4. The smallest absolute Gasteiger partial charge is 0.174 e. The van der Waals surface area contributed by atoms with Crippen molar-refractivity contribution in [2.75, 3.05) is 12.0 Å². The number of ether oxygens (including phenoxy) is 1. The molecule has 2 atom stereocenters. The van der Waals surface area contributed by atoms with Gasteiger partial charge in [0.1, 0.15) is 11.8 Å². The molecule has 0 unspecified atom stereocenters. The number of hydrogen-bond donors (Lipinski definition) is 1. The van der Waals surface area contributed by atoms with Gasteiger partial charge in [-0.25, -0.2) is 0 Å². The maximum absolute atomic E-state index is 6.59. The van der Waals surface area contributed by atoms with Crippen LogP contribution in [0.1, 0.15) is 23.5 Å². The van der Waals surface area contributed by atoms with E-state index in [0.29, 0.717) is 25.9 Å². The van der Waals surface area contributed by atoms with Crippen molar-refractivity contribution in [3.63, 3.8) is 0 Å². The van der Waals surface area contributed by atoms with Crippen molar-refractivity contribution in [1.82, 2.24) is 14.9 Å². The lowest BCUT2D eigenvalue weighted by atomic mass is 10.0. The van der Waals surface area contributed by atoms with Gasteiger partial charge in [0.15, 0.2) is 5.11 Å². The molecule has 34 heavy (non-hydrogen) atoms. The first-order chi connectivity index (χ1) is 16.5. The number of anilines is 1. The molecule has 0 saturated carbocycles. The van der Waals surface area contributed by atoms with E-state index in [1.54, 1.807) is 19.4 Å². The zero-order valence-corrected chi connectivity index (χ0v) is 21.0. The van der Waals surface area contributed by atoms with E-state index in [-0.39, 0.29) is 12.1 Å². The molecule has 2 aromatic carbocycles. The molecule has 5 rings (SSSR count). The van der Waals surface area contributed by atoms with Crippen molar-refractivity contribution in [2.24, 2.45) is 0 Å². The Morgan fingerprint density at radius 3 is 2.53 bits per heavy atom. The normalized spacial score (nSPS) is 17.6. The zero-order chi connectivity index (χ0) is 23.8. The van der Waals surface area contributed by atoms with Crippen LogP contribution in [-0.2, 0) is 0 Å². The number of benzene rings is 2. The van der Waals surface area contributed by atoms with Crippen molar-refractivity contribution in [2.45, 2.75) is 12.1 Å². The van der Waals surface area contributed by atoms with E-state index in [1.807, 2.05) is 65.4 Å². The Hall–Kier alpha value is -2.77. The summed E-state index contributed by atoms with van der Waals surface area (Å²) in [4.78, 5) is 6.66. The summed E-state index contributed by atoms with van der Waals surface area (Å²) in [6.07, 6.45) is 3.75. The van der Waals surface area contributed by atoms with Crippen LogP contribution in [0.15, 0.2) is 79.1 Å². The van der Waals surface area contributed by atoms with E-state index in [4.69, 9.17) is 51.8 Å². The number of rotatable bonds is 5. The maximum Gasteiger partial charge on any atom is 0.174 e. The van der Waals surface area contributed by atoms with Crippen molar-refractivity contribution < 1.29 is 4.74 Å². The van der Waals surface area contributed by atoms with Crippen LogP contribution in [0, 0.1) is 0 Å². The Balaban J connectivity index is 1.68. The molecule has 5 nitrogen and oxygen atoms in total. The molecule has 1 saturated heterocycles. The fourth-order valence-corrected chi connectivity index (χ4v) is 5.37. The minimum absolute atomic E-state index is 0.214. The highest BCUT2D eigenvalue weighted by Crippen LogP contribution is 2.44. The van der Waals surface area contributed by atoms with Crippen LogP contribution in [0.3, 0.4) is 0 Å². The molecule has 2 aromatic heterocycles. The largest absolute Gasteiger partial charge is 0.495 e. The van der Waals surface area contributed by atoms with Crippen LogP contribution >= 0.6 is 47.0 Å². The minimum Gasteiger partial charge on any atom is -0.495 e. The van der Waals surface area contributed by atoms with Gasteiger partial charge in [-0.2, -0.15) is 0 Å². The molecule has 1 aliphatic rings. The molecule has 9 heteroatoms. The fraction of sp³-hybridized carbons (Fsp3) is 0.120. The highest BCUT2D eigenvalue weighted by molar-refractivity contribution is 7.80. The Kier molecular flexibility index (Phi) is 6.40. The van der Waals surface area contributed by atoms with Crippen molar-refractivity contribution in [3.05, 3.63) is 106 Å². The van der Waals surface area contributed by atoms with Crippen LogP contribution in [0.5, 0.6) is 5.75 Å². The summed E-state index contributed by atoms with van der Waals surface area (Å²) in [5, 5.41) is 5.65. The second-order valence-corrected chi connectivity index (χ2v) is 9.35. The van der Waals surface area contributed by atoms with Gasteiger partial charge in [-0.1, -0.05) is 40.9 Å². The highest BCUT2D eigenvalue weighted by atomic mass is 35.5. The van der Waals surface area contributed by atoms with Crippen molar-refractivity contribution >= 4 is 57.8 Å². The molecule has 1 aliphatic heterocycles. The predicted molar refractivity (Wildman–Crippen MR) is 142 cm³/mol. The molecule has 0 aliphatic carbocycles. The second-order valence-electron chi connectivity index (χ2n) is 7.71. The Morgan fingerprint density at radius 1 is 0.971 bits per heavy atom. The molecular weight excluding hydrogens is 511 g/mol. The van der Waals surface area contributed by atoms with Crippen LogP contribution in [0.4, 0.5) is 5.69 Å². The molecule has 0 amide bonds. The number of pyridine rings is 1. The lowest BCUT2D eigenvalue weighted by Gasteiger charge is -2.29. The monoisotopic (exact) mass is 528 g/mol. The summed E-state index contributed by atoms with van der Waals surface area (Å²) < 4.78 is 7.39. The predicted octanol–water partition coefficient (Wildman–Crippen LogP) is 7.02. The van der Waals surface area contributed by atoms with Gasteiger partial charge >= 0.3 is 0 Å². The molecule has 0 bridgehead atoms. The second kappa shape index (κ2) is 9.47. The standard InChI is InChI=1S/C25H19Cl3N4OS/c1-33-22-10-8-16(14-18(22)28)32-24(23(30-25(32)34)19-5-2-3-11-29-19)21-6-4-12-31(21)20-9-7-15(26)13-17(20)27/h2-14,23-24H,1H3,(H,30,34)/t23-,24-/m0/s1. The molecular formula is C25H19Cl3N4OS. The van der Waals surface area contributed by atoms with E-state index in [2.05, 4.69) is 21.3 Å². The van der Waals surface area contributed by atoms with Crippen LogP contribution in [0.2, 0.25) is 15.1 Å². The van der Waals surface area contributed by atoms with Gasteiger partial charge in [-0.15, -0.1) is 0 Å². The molecule has 1 N–H and O–H groups in total. The Morgan fingerprint density at radius 2 is 1.82 bits per heavy atom. The van der Waals surface area contributed by atoms with E-state index < -0.39 is 0 Å². The summed E-state index contributed by atoms with van der Waals surface area (Å²) in [7, 11) is 1.59. The van der Waals surface area contributed by atoms with Crippen LogP contribution < -0.4 is 15.0 Å². The van der Waals surface area contributed by atoms with E-state index >= 15 is 0 Å². The third-order valence-electron chi connectivity index (χ3n) is 5.76. The van der Waals surface area contributed by atoms with Gasteiger partial charge in [0.05, 0.1) is 34.6 Å². The molecule has 172 valence electrons. The number of aromatic nitrogens is 2. The fourth-order valence-electron chi connectivity index (χ4n) is 4.27. The van der Waals surface area contributed by atoms with Crippen molar-refractivity contribution in [3.8, 4) is 11.4 Å². The number of hydrogen-bond acceptors (Lipinski definition) is 3. The van der Waals surface area contributed by atoms with E-state index in [0.717, 1.165) is 22.8 Å². The summed E-state index contributed by atoms with van der Waals surface area (Å²) in [6, 6.07) is 20.5. The van der Waals surface area contributed by atoms with Gasteiger partial charge in [0, 0.05) is 28.8 Å².